The third-order valence-corrected chi connectivity index (χ3v) is 5.24. The smallest absolute Gasteiger partial charge is 0.203 e. The van der Waals surface area contributed by atoms with Crippen LogP contribution in [0.5, 0.6) is 0 Å². The van der Waals surface area contributed by atoms with Crippen LogP contribution in [-0.4, -0.2) is 24.3 Å². The summed E-state index contributed by atoms with van der Waals surface area (Å²) in [6.45, 7) is 4.63. The first-order chi connectivity index (χ1) is 12.6. The van der Waals surface area contributed by atoms with E-state index in [1.807, 2.05) is 0 Å². The molecule has 5 heteroatoms. The highest BCUT2D eigenvalue weighted by Crippen LogP contribution is 2.43. The molecule has 0 aromatic heterocycles. The number of hydrogen-bond acceptors (Lipinski definition) is 3. The Morgan fingerprint density at radius 1 is 1.12 bits per heavy atom. The van der Waals surface area contributed by atoms with Gasteiger partial charge in [-0.25, -0.2) is 8.78 Å². The molecule has 0 spiro atoms. The van der Waals surface area contributed by atoms with Gasteiger partial charge in [0, 0.05) is 31.1 Å². The van der Waals surface area contributed by atoms with E-state index < -0.39 is 17.4 Å². The number of halogens is 2. The third kappa shape index (κ3) is 3.39. The van der Waals surface area contributed by atoms with E-state index >= 15 is 0 Å². The molecule has 1 saturated heterocycles. The predicted molar refractivity (Wildman–Crippen MR) is 94.3 cm³/mol. The zero-order valence-corrected chi connectivity index (χ0v) is 14.9. The van der Waals surface area contributed by atoms with Crippen molar-refractivity contribution in [2.45, 2.75) is 44.8 Å². The molecule has 2 aliphatic rings. The van der Waals surface area contributed by atoms with Gasteiger partial charge in [0.05, 0.1) is 0 Å². The number of hydrogen-bond donors (Lipinski definition) is 0. The molecule has 0 radical (unpaired) electrons. The maximum Gasteiger partial charge on any atom is 0.203 e. The Hall–Kier alpha value is -1.82. The topological polar surface area (TPSA) is 21.7 Å². The van der Waals surface area contributed by atoms with Crippen LogP contribution in [0.2, 0.25) is 0 Å². The molecule has 138 valence electrons. The largest absolute Gasteiger partial charge is 0.317 e. The van der Waals surface area contributed by atoms with E-state index in [1.54, 1.807) is 6.92 Å². The Balaban J connectivity index is 1.39. The van der Waals surface area contributed by atoms with E-state index in [0.29, 0.717) is 6.42 Å². The molecular weight excluding hydrogens is 336 g/mol. The molecule has 1 fully saturated rings. The first-order valence-corrected chi connectivity index (χ1v) is 9.16. The van der Waals surface area contributed by atoms with Crippen molar-refractivity contribution >= 4 is 0 Å². The van der Waals surface area contributed by atoms with Gasteiger partial charge in [0.15, 0.2) is 6.29 Å². The minimum absolute atomic E-state index is 0.279. The molecule has 4 rings (SSSR count). The maximum absolute atomic E-state index is 14.2. The van der Waals surface area contributed by atoms with Crippen LogP contribution in [0.4, 0.5) is 8.78 Å². The Bertz CT molecular complexity index is 789. The molecule has 0 bridgehead atoms. The van der Waals surface area contributed by atoms with Crippen molar-refractivity contribution in [3.05, 3.63) is 70.8 Å². The van der Waals surface area contributed by atoms with Crippen LogP contribution in [0.3, 0.4) is 0 Å². The Morgan fingerprint density at radius 2 is 1.88 bits per heavy atom. The molecule has 0 saturated carbocycles. The van der Waals surface area contributed by atoms with Crippen molar-refractivity contribution in [1.82, 2.24) is 4.90 Å². The fourth-order valence-electron chi connectivity index (χ4n) is 4.00. The molecule has 0 N–H and O–H groups in total. The number of rotatable bonds is 5. The lowest BCUT2D eigenvalue weighted by atomic mass is 9.96. The molecule has 0 atom stereocenters. The Labute approximate surface area is 152 Å². The number of ether oxygens (including phenoxy) is 2. The van der Waals surface area contributed by atoms with Crippen molar-refractivity contribution in [3.63, 3.8) is 0 Å². The van der Waals surface area contributed by atoms with Crippen molar-refractivity contribution < 1.29 is 18.3 Å². The number of benzene rings is 2. The molecule has 2 heterocycles. The van der Waals surface area contributed by atoms with E-state index in [2.05, 4.69) is 29.2 Å². The summed E-state index contributed by atoms with van der Waals surface area (Å²) < 4.78 is 39.0. The standard InChI is InChI=1S/C21H23F2NO2/c1-15-25-21(26-15,19-8-7-18(22)13-20(19)23)10-4-11-24-12-9-16-5-2-3-6-17(16)14-24/h2-3,5-8,13,15H,4,9-12,14H2,1H3. The van der Waals surface area contributed by atoms with Crippen LogP contribution >= 0.6 is 0 Å². The summed E-state index contributed by atoms with van der Waals surface area (Å²) in [6.07, 6.45) is 2.03. The average molecular weight is 359 g/mol. The van der Waals surface area contributed by atoms with Gasteiger partial charge < -0.3 is 9.47 Å². The van der Waals surface area contributed by atoms with Crippen LogP contribution < -0.4 is 0 Å². The third-order valence-electron chi connectivity index (χ3n) is 5.24. The Morgan fingerprint density at radius 3 is 2.62 bits per heavy atom. The normalized spacial score (nSPS) is 25.6. The fourth-order valence-corrected chi connectivity index (χ4v) is 4.00. The maximum atomic E-state index is 14.2. The first kappa shape index (κ1) is 17.6. The van der Waals surface area contributed by atoms with Gasteiger partial charge in [0.2, 0.25) is 5.79 Å². The molecule has 2 aliphatic heterocycles. The van der Waals surface area contributed by atoms with Gasteiger partial charge in [-0.1, -0.05) is 24.3 Å². The second-order valence-electron chi connectivity index (χ2n) is 7.08. The summed E-state index contributed by atoms with van der Waals surface area (Å²) in [6, 6.07) is 12.1. The fraction of sp³-hybridized carbons (Fsp3) is 0.429. The van der Waals surface area contributed by atoms with E-state index in [4.69, 9.17) is 9.47 Å². The van der Waals surface area contributed by atoms with Gasteiger partial charge in [-0.3, -0.25) is 4.90 Å². The Kier molecular flexibility index (Phi) is 4.78. The van der Waals surface area contributed by atoms with Gasteiger partial charge in [-0.05, 0) is 49.6 Å². The van der Waals surface area contributed by atoms with Crippen LogP contribution in [0.1, 0.15) is 36.5 Å². The van der Waals surface area contributed by atoms with Gasteiger partial charge in [0.1, 0.15) is 11.6 Å². The zero-order valence-electron chi connectivity index (χ0n) is 14.9. The highest BCUT2D eigenvalue weighted by Gasteiger charge is 2.47. The molecule has 0 amide bonds. The van der Waals surface area contributed by atoms with Crippen molar-refractivity contribution in [2.75, 3.05) is 13.1 Å². The lowest BCUT2D eigenvalue weighted by Gasteiger charge is -2.47. The van der Waals surface area contributed by atoms with Gasteiger partial charge >= 0.3 is 0 Å². The summed E-state index contributed by atoms with van der Waals surface area (Å²) >= 11 is 0. The number of fused-ring (bicyclic) bond motifs is 1. The molecular formula is C21H23F2NO2. The molecule has 0 unspecified atom stereocenters. The average Bonchev–Trinajstić information content (AvgIpc) is 2.60. The van der Waals surface area contributed by atoms with Crippen LogP contribution in [0.25, 0.3) is 0 Å². The molecule has 0 aliphatic carbocycles. The van der Waals surface area contributed by atoms with Gasteiger partial charge in [-0.15, -0.1) is 0 Å². The second kappa shape index (κ2) is 7.06. The molecule has 2 aromatic carbocycles. The van der Waals surface area contributed by atoms with Crippen molar-refractivity contribution in [3.8, 4) is 0 Å². The van der Waals surface area contributed by atoms with Crippen molar-refractivity contribution in [2.24, 2.45) is 0 Å². The SMILES string of the molecule is CC1OC(CCCN2CCc3ccccc3C2)(c2ccc(F)cc2F)O1. The van der Waals surface area contributed by atoms with Crippen LogP contribution in [-0.2, 0) is 28.2 Å². The van der Waals surface area contributed by atoms with E-state index in [1.165, 1.54) is 23.3 Å². The lowest BCUT2D eigenvalue weighted by molar-refractivity contribution is -0.459. The summed E-state index contributed by atoms with van der Waals surface area (Å²) in [5.41, 5.74) is 3.08. The van der Waals surface area contributed by atoms with Crippen LogP contribution in [0.15, 0.2) is 42.5 Å². The summed E-state index contributed by atoms with van der Waals surface area (Å²) in [7, 11) is 0. The monoisotopic (exact) mass is 359 g/mol. The summed E-state index contributed by atoms with van der Waals surface area (Å²) in [5, 5.41) is 0. The van der Waals surface area contributed by atoms with Gasteiger partial charge in [-0.2, -0.15) is 0 Å². The van der Waals surface area contributed by atoms with Crippen molar-refractivity contribution in [1.29, 1.82) is 0 Å². The summed E-state index contributed by atoms with van der Waals surface area (Å²) in [5.74, 6) is -2.31. The summed E-state index contributed by atoms with van der Waals surface area (Å²) in [4.78, 5) is 2.40. The quantitative estimate of drug-likeness (QED) is 0.792. The highest BCUT2D eigenvalue weighted by atomic mass is 19.1. The van der Waals surface area contributed by atoms with E-state index in [9.17, 15) is 8.78 Å². The van der Waals surface area contributed by atoms with Crippen LogP contribution in [0, 0.1) is 11.6 Å². The second-order valence-corrected chi connectivity index (χ2v) is 7.08. The first-order valence-electron chi connectivity index (χ1n) is 9.16. The van der Waals surface area contributed by atoms with Gasteiger partial charge in [0.25, 0.3) is 0 Å². The minimum atomic E-state index is -1.09. The van der Waals surface area contributed by atoms with E-state index in [-0.39, 0.29) is 11.9 Å². The highest BCUT2D eigenvalue weighted by molar-refractivity contribution is 5.29. The minimum Gasteiger partial charge on any atom is -0.317 e. The molecule has 2 aromatic rings. The number of nitrogens with zero attached hydrogens (tertiary/aromatic N) is 1. The van der Waals surface area contributed by atoms with E-state index in [0.717, 1.165) is 38.5 Å². The zero-order chi connectivity index (χ0) is 18.1. The predicted octanol–water partition coefficient (Wildman–Crippen LogP) is 4.35. The molecule has 3 nitrogen and oxygen atoms in total. The molecule has 26 heavy (non-hydrogen) atoms. The lowest BCUT2D eigenvalue weighted by Crippen LogP contribution is -2.50.